The van der Waals surface area contributed by atoms with Crippen molar-refractivity contribution in [1.82, 2.24) is 34.4 Å². The molecule has 190 valence electrons. The van der Waals surface area contributed by atoms with Crippen LogP contribution < -0.4 is 9.64 Å². The minimum atomic E-state index is -4.38. The van der Waals surface area contributed by atoms with E-state index < -0.39 is 12.7 Å². The Labute approximate surface area is 201 Å². The van der Waals surface area contributed by atoms with E-state index >= 15 is 0 Å². The summed E-state index contributed by atoms with van der Waals surface area (Å²) in [5.74, 6) is 1.10. The Morgan fingerprint density at radius 2 is 1.80 bits per heavy atom. The van der Waals surface area contributed by atoms with Gasteiger partial charge in [-0.15, -0.1) is 0 Å². The van der Waals surface area contributed by atoms with E-state index in [4.69, 9.17) is 14.5 Å². The fourth-order valence-corrected chi connectivity index (χ4v) is 4.17. The molecule has 3 aromatic heterocycles. The molecule has 4 heterocycles. The molecule has 1 fully saturated rings. The Morgan fingerprint density at radius 3 is 2.43 bits per heavy atom. The van der Waals surface area contributed by atoms with Crippen molar-refractivity contribution in [2.24, 2.45) is 0 Å². The number of alkyl halides is 3. The summed E-state index contributed by atoms with van der Waals surface area (Å²) in [6.07, 6.45) is 1.88. The zero-order chi connectivity index (χ0) is 25.0. The smallest absolute Gasteiger partial charge is 0.406 e. The van der Waals surface area contributed by atoms with Crippen LogP contribution in [-0.2, 0) is 17.8 Å². The largest absolute Gasteiger partial charge is 0.467 e. The van der Waals surface area contributed by atoms with Crippen LogP contribution >= 0.6 is 0 Å². The first-order valence-corrected chi connectivity index (χ1v) is 11.3. The highest BCUT2D eigenvalue weighted by Crippen LogP contribution is 2.31. The van der Waals surface area contributed by atoms with Gasteiger partial charge in [0.25, 0.3) is 0 Å². The van der Waals surface area contributed by atoms with E-state index in [1.807, 2.05) is 11.9 Å². The Morgan fingerprint density at radius 1 is 1.09 bits per heavy atom. The second kappa shape index (κ2) is 10.7. The van der Waals surface area contributed by atoms with Crippen LogP contribution in [0, 0.1) is 0 Å². The monoisotopic (exact) mass is 494 g/mol. The molecule has 0 saturated carbocycles. The second-order valence-electron chi connectivity index (χ2n) is 8.61. The third-order valence-corrected chi connectivity index (χ3v) is 6.03. The zero-order valence-corrected chi connectivity index (χ0v) is 20.0. The number of piperidine rings is 1. The lowest BCUT2D eigenvalue weighted by atomic mass is 9.95. The lowest BCUT2D eigenvalue weighted by molar-refractivity contribution is -0.140. The minimum absolute atomic E-state index is 0.0339. The van der Waals surface area contributed by atoms with Crippen molar-refractivity contribution in [3.05, 3.63) is 30.1 Å². The number of likely N-dealkylation sites (N-methyl/N-ethyl adjacent to an activating group) is 1. The second-order valence-corrected chi connectivity index (χ2v) is 8.61. The molecule has 10 nitrogen and oxygen atoms in total. The molecule has 0 aliphatic carbocycles. The Hall–Kier alpha value is -3.06. The van der Waals surface area contributed by atoms with Gasteiger partial charge in [0.1, 0.15) is 12.4 Å². The number of halogens is 3. The number of likely N-dealkylation sites (tertiary alicyclic amines) is 1. The van der Waals surface area contributed by atoms with Crippen LogP contribution in [0.5, 0.6) is 6.01 Å². The van der Waals surface area contributed by atoms with Gasteiger partial charge >= 0.3 is 12.2 Å². The summed E-state index contributed by atoms with van der Waals surface area (Å²) >= 11 is 0. The molecule has 0 N–H and O–H groups in total. The van der Waals surface area contributed by atoms with Gasteiger partial charge in [-0.1, -0.05) is 0 Å². The Balaban J connectivity index is 1.54. The van der Waals surface area contributed by atoms with Gasteiger partial charge in [-0.25, -0.2) is 24.9 Å². The molecule has 0 atom stereocenters. The van der Waals surface area contributed by atoms with Crippen LogP contribution in [0.2, 0.25) is 0 Å². The van der Waals surface area contributed by atoms with Crippen LogP contribution in [0.25, 0.3) is 11.2 Å². The van der Waals surface area contributed by atoms with Crippen LogP contribution in [0.4, 0.5) is 19.0 Å². The van der Waals surface area contributed by atoms with E-state index in [1.54, 1.807) is 19.5 Å². The average Bonchev–Trinajstić information content (AvgIpc) is 3.24. The Kier molecular flexibility index (Phi) is 7.65. The highest BCUT2D eigenvalue weighted by Gasteiger charge is 2.31. The molecular formula is C22H29F3N8O2. The van der Waals surface area contributed by atoms with Crippen LogP contribution in [0.15, 0.2) is 18.7 Å². The predicted molar refractivity (Wildman–Crippen MR) is 122 cm³/mol. The zero-order valence-electron chi connectivity index (χ0n) is 20.0. The van der Waals surface area contributed by atoms with Gasteiger partial charge in [-0.2, -0.15) is 13.2 Å². The van der Waals surface area contributed by atoms with Gasteiger partial charge in [0.15, 0.2) is 17.0 Å². The molecule has 0 amide bonds. The maximum atomic E-state index is 13.2. The summed E-state index contributed by atoms with van der Waals surface area (Å²) in [6.45, 7) is 2.14. The van der Waals surface area contributed by atoms with E-state index in [2.05, 4.69) is 24.8 Å². The van der Waals surface area contributed by atoms with Gasteiger partial charge in [-0.05, 0) is 25.9 Å². The van der Waals surface area contributed by atoms with Crippen molar-refractivity contribution < 1.29 is 22.6 Å². The minimum Gasteiger partial charge on any atom is -0.467 e. The summed E-state index contributed by atoms with van der Waals surface area (Å²) in [5, 5.41) is 0. The van der Waals surface area contributed by atoms with E-state index in [0.717, 1.165) is 36.1 Å². The number of ether oxygens (including phenoxy) is 2. The van der Waals surface area contributed by atoms with Gasteiger partial charge in [0.2, 0.25) is 0 Å². The van der Waals surface area contributed by atoms with E-state index in [-0.39, 0.29) is 11.6 Å². The highest BCUT2D eigenvalue weighted by molar-refractivity contribution is 5.83. The molecule has 1 aliphatic heterocycles. The normalized spacial score (nSPS) is 15.6. The lowest BCUT2D eigenvalue weighted by Crippen LogP contribution is -2.33. The number of nitrogens with zero attached hydrogens (tertiary/aromatic N) is 8. The molecule has 1 aliphatic rings. The third-order valence-electron chi connectivity index (χ3n) is 6.03. The number of hydrogen-bond donors (Lipinski definition) is 0. The first-order valence-electron chi connectivity index (χ1n) is 11.3. The maximum absolute atomic E-state index is 13.2. The molecule has 0 aromatic carbocycles. The molecule has 0 bridgehead atoms. The number of rotatable bonds is 9. The maximum Gasteiger partial charge on any atom is 0.406 e. The molecular weight excluding hydrogens is 465 g/mol. The van der Waals surface area contributed by atoms with E-state index in [0.29, 0.717) is 42.9 Å². The third kappa shape index (κ3) is 6.14. The molecule has 35 heavy (non-hydrogen) atoms. The van der Waals surface area contributed by atoms with Crippen LogP contribution in [-0.4, -0.2) is 88.1 Å². The molecule has 4 rings (SSSR count). The summed E-state index contributed by atoms with van der Waals surface area (Å²) in [5.41, 5.74) is 1.54. The van der Waals surface area contributed by atoms with Gasteiger partial charge < -0.3 is 18.9 Å². The standard InChI is InChI=1S/C22H29F3N8O2/c1-31(8-9-34-2)19-17-20(33(14-28-17)13-22(23,24)25)30-18(29-19)16-4-6-32(7-5-16)12-15-10-26-21(35-3)27-11-15/h10-11,14,16H,4-9,12-13H2,1-3H3. The molecule has 3 aromatic rings. The summed E-state index contributed by atoms with van der Waals surface area (Å²) in [7, 11) is 4.95. The molecule has 13 heteroatoms. The van der Waals surface area contributed by atoms with Crippen molar-refractivity contribution >= 4 is 17.0 Å². The van der Waals surface area contributed by atoms with Gasteiger partial charge in [-0.3, -0.25) is 4.90 Å². The quantitative estimate of drug-likeness (QED) is 0.445. The fourth-order valence-electron chi connectivity index (χ4n) is 4.17. The van der Waals surface area contributed by atoms with Crippen molar-refractivity contribution in [2.75, 3.05) is 52.4 Å². The molecule has 0 spiro atoms. The fraction of sp³-hybridized carbons (Fsp3) is 0.591. The van der Waals surface area contributed by atoms with Crippen molar-refractivity contribution in [3.8, 4) is 6.01 Å². The van der Waals surface area contributed by atoms with E-state index in [1.165, 1.54) is 13.4 Å². The number of aromatic nitrogens is 6. The lowest BCUT2D eigenvalue weighted by Gasteiger charge is -2.31. The number of hydrogen-bond acceptors (Lipinski definition) is 9. The van der Waals surface area contributed by atoms with Crippen molar-refractivity contribution in [3.63, 3.8) is 0 Å². The summed E-state index contributed by atoms with van der Waals surface area (Å²) in [4.78, 5) is 26.0. The van der Waals surface area contributed by atoms with Crippen LogP contribution in [0.1, 0.15) is 30.1 Å². The van der Waals surface area contributed by atoms with Crippen LogP contribution in [0.3, 0.4) is 0 Å². The molecule has 0 radical (unpaired) electrons. The van der Waals surface area contributed by atoms with E-state index in [9.17, 15) is 13.2 Å². The molecule has 1 saturated heterocycles. The Bertz CT molecular complexity index is 1110. The summed E-state index contributed by atoms with van der Waals surface area (Å²) in [6, 6.07) is 0.330. The first-order chi connectivity index (χ1) is 16.8. The topological polar surface area (TPSA) is 94.3 Å². The molecule has 0 unspecified atom stereocenters. The first kappa shape index (κ1) is 25.0. The van der Waals surface area contributed by atoms with Gasteiger partial charge in [0, 0.05) is 51.1 Å². The number of fused-ring (bicyclic) bond motifs is 1. The average molecular weight is 495 g/mol. The predicted octanol–water partition coefficient (Wildman–Crippen LogP) is 2.65. The SMILES string of the molecule is COCCN(C)c1nc(C2CCN(Cc3cnc(OC)nc3)CC2)nc2c1ncn2CC(F)(F)F. The number of imidazole rings is 1. The van der Waals surface area contributed by atoms with Gasteiger partial charge in [0.05, 0.1) is 20.0 Å². The summed E-state index contributed by atoms with van der Waals surface area (Å²) < 4.78 is 50.7. The van der Waals surface area contributed by atoms with Crippen molar-refractivity contribution in [2.45, 2.75) is 38.0 Å². The van der Waals surface area contributed by atoms with Crippen molar-refractivity contribution in [1.29, 1.82) is 0 Å². The number of methoxy groups -OCH3 is 2. The highest BCUT2D eigenvalue weighted by atomic mass is 19.4. The number of anilines is 1.